The number of phenolic OH excluding ortho intramolecular Hbond substituents is 1. The van der Waals surface area contributed by atoms with Gasteiger partial charge in [0, 0.05) is 19.1 Å². The maximum absolute atomic E-state index is 12.5. The summed E-state index contributed by atoms with van der Waals surface area (Å²) in [7, 11) is 0. The molecule has 0 aliphatic carbocycles. The summed E-state index contributed by atoms with van der Waals surface area (Å²) in [5, 5.41) is 12.5. The summed E-state index contributed by atoms with van der Waals surface area (Å²) in [5.74, 6) is 0.769. The second kappa shape index (κ2) is 8.75. The van der Waals surface area contributed by atoms with Crippen molar-refractivity contribution in [3.8, 4) is 5.75 Å². The minimum absolute atomic E-state index is 0.0507. The Balaban J connectivity index is 1.42. The van der Waals surface area contributed by atoms with E-state index in [9.17, 15) is 9.90 Å². The van der Waals surface area contributed by atoms with Crippen molar-refractivity contribution in [1.29, 1.82) is 0 Å². The molecule has 2 aromatic rings. The molecule has 4 nitrogen and oxygen atoms in total. The Bertz CT molecular complexity index is 692. The zero-order valence-corrected chi connectivity index (χ0v) is 15.4. The number of rotatable bonds is 5. The summed E-state index contributed by atoms with van der Waals surface area (Å²) in [5.41, 5.74) is 2.56. The van der Waals surface area contributed by atoms with Crippen LogP contribution in [0.15, 0.2) is 54.6 Å². The Morgan fingerprint density at radius 3 is 2.42 bits per heavy atom. The molecule has 1 fully saturated rings. The van der Waals surface area contributed by atoms with Crippen LogP contribution in [0.5, 0.6) is 5.75 Å². The van der Waals surface area contributed by atoms with Crippen LogP contribution >= 0.6 is 0 Å². The Labute approximate surface area is 155 Å². The third-order valence-corrected chi connectivity index (χ3v) is 5.23. The molecular formula is C22H28N2O2. The smallest absolute Gasteiger partial charge is 0.317 e. The number of nitrogens with one attached hydrogen (secondary N) is 1. The van der Waals surface area contributed by atoms with Crippen LogP contribution in [0.2, 0.25) is 0 Å². The third kappa shape index (κ3) is 5.01. The summed E-state index contributed by atoms with van der Waals surface area (Å²) in [4.78, 5) is 14.4. The monoisotopic (exact) mass is 352 g/mol. The summed E-state index contributed by atoms with van der Waals surface area (Å²) < 4.78 is 0. The fourth-order valence-electron chi connectivity index (χ4n) is 3.56. The maximum Gasteiger partial charge on any atom is 0.317 e. The van der Waals surface area contributed by atoms with Gasteiger partial charge in [-0.15, -0.1) is 0 Å². The molecule has 2 amide bonds. The molecule has 1 aliphatic heterocycles. The van der Waals surface area contributed by atoms with Crippen LogP contribution < -0.4 is 5.32 Å². The number of nitrogens with zero attached hydrogens (tertiary/aromatic N) is 1. The van der Waals surface area contributed by atoms with Crippen LogP contribution in [-0.2, 0) is 6.42 Å². The van der Waals surface area contributed by atoms with Gasteiger partial charge in [-0.3, -0.25) is 0 Å². The third-order valence-electron chi connectivity index (χ3n) is 5.23. The van der Waals surface area contributed by atoms with Gasteiger partial charge in [0.15, 0.2) is 0 Å². The van der Waals surface area contributed by atoms with Crippen molar-refractivity contribution in [1.82, 2.24) is 10.2 Å². The zero-order chi connectivity index (χ0) is 18.4. The molecule has 0 spiro atoms. The van der Waals surface area contributed by atoms with Crippen LogP contribution in [0.1, 0.15) is 43.2 Å². The number of hydrogen-bond acceptors (Lipinski definition) is 2. The molecule has 2 aromatic carbocycles. The SMILES string of the molecule is C[C@H](CCc1ccccc1)NC(=O)N1CCC(c2ccc(O)cc2)CC1. The minimum atomic E-state index is 0.0507. The largest absolute Gasteiger partial charge is 0.508 e. The van der Waals surface area contributed by atoms with Gasteiger partial charge in [-0.05, 0) is 61.8 Å². The van der Waals surface area contributed by atoms with Gasteiger partial charge in [0.1, 0.15) is 5.75 Å². The molecule has 0 bridgehead atoms. The Morgan fingerprint density at radius 2 is 1.77 bits per heavy atom. The average Bonchev–Trinajstić information content (AvgIpc) is 2.68. The van der Waals surface area contributed by atoms with Crippen molar-refractivity contribution in [2.45, 2.75) is 44.6 Å². The second-order valence-electron chi connectivity index (χ2n) is 7.23. The molecule has 3 rings (SSSR count). The number of hydrogen-bond donors (Lipinski definition) is 2. The Morgan fingerprint density at radius 1 is 1.12 bits per heavy atom. The van der Waals surface area contributed by atoms with Crippen LogP contribution in [0.4, 0.5) is 4.79 Å². The number of piperidine rings is 1. The molecule has 0 aromatic heterocycles. The standard InChI is InChI=1S/C22H28N2O2/c1-17(7-8-18-5-3-2-4-6-18)23-22(26)24-15-13-20(14-16-24)19-9-11-21(25)12-10-19/h2-6,9-12,17,20,25H,7-8,13-16H2,1H3,(H,23,26)/t17-/m1/s1. The second-order valence-corrected chi connectivity index (χ2v) is 7.23. The normalized spacial score (nSPS) is 16.3. The highest BCUT2D eigenvalue weighted by molar-refractivity contribution is 5.74. The lowest BCUT2D eigenvalue weighted by Crippen LogP contribution is -2.47. The number of benzene rings is 2. The first-order chi connectivity index (χ1) is 12.6. The van der Waals surface area contributed by atoms with Crippen molar-refractivity contribution in [3.05, 3.63) is 65.7 Å². The first kappa shape index (κ1) is 18.3. The molecule has 138 valence electrons. The fraction of sp³-hybridized carbons (Fsp3) is 0.409. The van der Waals surface area contributed by atoms with E-state index in [1.54, 1.807) is 12.1 Å². The predicted molar refractivity (Wildman–Crippen MR) is 104 cm³/mol. The van der Waals surface area contributed by atoms with Gasteiger partial charge < -0.3 is 15.3 Å². The molecule has 1 aliphatic rings. The summed E-state index contributed by atoms with van der Waals surface area (Å²) >= 11 is 0. The van der Waals surface area contributed by atoms with Gasteiger partial charge in [-0.1, -0.05) is 42.5 Å². The zero-order valence-electron chi connectivity index (χ0n) is 15.4. The van der Waals surface area contributed by atoms with E-state index in [1.165, 1.54) is 11.1 Å². The molecular weight excluding hydrogens is 324 g/mol. The van der Waals surface area contributed by atoms with Crippen LogP contribution in [0, 0.1) is 0 Å². The van der Waals surface area contributed by atoms with E-state index < -0.39 is 0 Å². The van der Waals surface area contributed by atoms with E-state index in [0.29, 0.717) is 11.7 Å². The summed E-state index contributed by atoms with van der Waals surface area (Å²) in [6, 6.07) is 18.1. The number of aryl methyl sites for hydroxylation is 1. The number of phenols is 1. The lowest BCUT2D eigenvalue weighted by molar-refractivity contribution is 0.178. The predicted octanol–water partition coefficient (Wildman–Crippen LogP) is 4.30. The van der Waals surface area contributed by atoms with Crippen molar-refractivity contribution in [2.24, 2.45) is 0 Å². The van der Waals surface area contributed by atoms with E-state index in [-0.39, 0.29) is 12.1 Å². The first-order valence-corrected chi connectivity index (χ1v) is 9.50. The lowest BCUT2D eigenvalue weighted by Gasteiger charge is -2.33. The molecule has 1 saturated heterocycles. The number of carbonyl (C=O) groups excluding carboxylic acids is 1. The summed E-state index contributed by atoms with van der Waals surface area (Å²) in [6.45, 7) is 3.63. The number of carbonyl (C=O) groups is 1. The molecule has 0 unspecified atom stereocenters. The van der Waals surface area contributed by atoms with E-state index in [4.69, 9.17) is 0 Å². The fourth-order valence-corrected chi connectivity index (χ4v) is 3.56. The first-order valence-electron chi connectivity index (χ1n) is 9.50. The van der Waals surface area contributed by atoms with E-state index in [2.05, 4.69) is 36.5 Å². The van der Waals surface area contributed by atoms with Crippen molar-refractivity contribution in [2.75, 3.05) is 13.1 Å². The number of urea groups is 1. The van der Waals surface area contributed by atoms with Gasteiger partial charge in [-0.25, -0.2) is 4.79 Å². The molecule has 2 N–H and O–H groups in total. The van der Waals surface area contributed by atoms with E-state index in [0.717, 1.165) is 38.8 Å². The highest BCUT2D eigenvalue weighted by Crippen LogP contribution is 2.29. The van der Waals surface area contributed by atoms with Crippen molar-refractivity contribution >= 4 is 6.03 Å². The number of aromatic hydroxyl groups is 1. The molecule has 0 saturated carbocycles. The molecule has 0 radical (unpaired) electrons. The van der Waals surface area contributed by atoms with Gasteiger partial charge in [0.25, 0.3) is 0 Å². The van der Waals surface area contributed by atoms with E-state index >= 15 is 0 Å². The van der Waals surface area contributed by atoms with Crippen LogP contribution in [0.25, 0.3) is 0 Å². The van der Waals surface area contributed by atoms with Crippen LogP contribution in [0.3, 0.4) is 0 Å². The highest BCUT2D eigenvalue weighted by atomic mass is 16.3. The molecule has 1 atom stereocenters. The number of likely N-dealkylation sites (tertiary alicyclic amines) is 1. The number of amides is 2. The Kier molecular flexibility index (Phi) is 6.16. The Hall–Kier alpha value is -2.49. The maximum atomic E-state index is 12.5. The van der Waals surface area contributed by atoms with Crippen molar-refractivity contribution in [3.63, 3.8) is 0 Å². The summed E-state index contributed by atoms with van der Waals surface area (Å²) in [6.07, 6.45) is 3.86. The van der Waals surface area contributed by atoms with Crippen LogP contribution in [-0.4, -0.2) is 35.2 Å². The topological polar surface area (TPSA) is 52.6 Å². The molecule has 1 heterocycles. The average molecular weight is 352 g/mol. The van der Waals surface area contributed by atoms with E-state index in [1.807, 2.05) is 23.1 Å². The highest BCUT2D eigenvalue weighted by Gasteiger charge is 2.24. The van der Waals surface area contributed by atoms with Gasteiger partial charge in [-0.2, -0.15) is 0 Å². The van der Waals surface area contributed by atoms with Crippen molar-refractivity contribution < 1.29 is 9.90 Å². The van der Waals surface area contributed by atoms with Gasteiger partial charge in [0.05, 0.1) is 0 Å². The molecule has 4 heteroatoms. The van der Waals surface area contributed by atoms with Gasteiger partial charge >= 0.3 is 6.03 Å². The quantitative estimate of drug-likeness (QED) is 0.843. The lowest BCUT2D eigenvalue weighted by atomic mass is 9.89. The van der Waals surface area contributed by atoms with Gasteiger partial charge in [0.2, 0.25) is 0 Å². The minimum Gasteiger partial charge on any atom is -0.508 e. The molecule has 26 heavy (non-hydrogen) atoms.